The van der Waals surface area contributed by atoms with E-state index in [2.05, 4.69) is 26.0 Å². The van der Waals surface area contributed by atoms with E-state index in [1.165, 1.54) is 34.0 Å². The molecule has 0 aliphatic rings. The maximum Gasteiger partial charge on any atom is 0.277 e. The highest BCUT2D eigenvalue weighted by molar-refractivity contribution is 9.10. The van der Waals surface area contributed by atoms with E-state index in [-0.39, 0.29) is 39.4 Å². The SMILES string of the molecule is CCN(C(=O)c1cc(Br)nn1-c1ncccc1Cl)c1c(Cl)cc(Cl)cc1C(=O)Cl. The van der Waals surface area contributed by atoms with Crippen molar-refractivity contribution in [2.75, 3.05) is 11.4 Å². The van der Waals surface area contributed by atoms with Crippen LogP contribution in [0.2, 0.25) is 15.1 Å². The van der Waals surface area contributed by atoms with Gasteiger partial charge in [0, 0.05) is 23.8 Å². The third-order valence-electron chi connectivity index (χ3n) is 3.91. The molecule has 0 unspecified atom stereocenters. The average molecular weight is 537 g/mol. The van der Waals surface area contributed by atoms with Crippen LogP contribution in [0.15, 0.2) is 41.1 Å². The quantitative estimate of drug-likeness (QED) is 0.373. The van der Waals surface area contributed by atoms with Crippen molar-refractivity contribution in [2.24, 2.45) is 0 Å². The first kappa shape index (κ1) is 22.1. The highest BCUT2D eigenvalue weighted by atomic mass is 79.9. The molecule has 1 amide bonds. The molecule has 0 saturated carbocycles. The summed E-state index contributed by atoms with van der Waals surface area (Å²) in [5, 5.41) is 4.10. The number of rotatable bonds is 5. The highest BCUT2D eigenvalue weighted by Crippen LogP contribution is 2.35. The van der Waals surface area contributed by atoms with Gasteiger partial charge in [0.05, 0.1) is 21.3 Å². The second-order valence-corrected chi connectivity index (χ2v) is 8.09. The number of carbonyl (C=O) groups is 2. The minimum atomic E-state index is -0.793. The molecule has 0 aliphatic heterocycles. The molecule has 2 aromatic heterocycles. The van der Waals surface area contributed by atoms with Crippen LogP contribution in [-0.2, 0) is 0 Å². The van der Waals surface area contributed by atoms with Gasteiger partial charge in [-0.2, -0.15) is 5.10 Å². The van der Waals surface area contributed by atoms with Crippen molar-refractivity contribution >= 4 is 79.2 Å². The molecule has 3 rings (SSSR count). The summed E-state index contributed by atoms with van der Waals surface area (Å²) in [6.45, 7) is 1.92. The standard InChI is InChI=1S/C18H11BrCl4N4O2/c1-2-26(15-10(16(23)28)6-9(20)7-12(15)22)18(29)13-8-14(19)25-27(13)17-11(21)4-3-5-24-17/h3-8H,2H2,1H3. The largest absolute Gasteiger partial charge is 0.305 e. The fourth-order valence-electron chi connectivity index (χ4n) is 2.73. The van der Waals surface area contributed by atoms with Crippen molar-refractivity contribution in [3.05, 3.63) is 67.5 Å². The van der Waals surface area contributed by atoms with Gasteiger partial charge in [0.15, 0.2) is 5.82 Å². The number of benzene rings is 1. The lowest BCUT2D eigenvalue weighted by Gasteiger charge is -2.24. The Morgan fingerprint density at radius 2 is 1.90 bits per heavy atom. The van der Waals surface area contributed by atoms with Gasteiger partial charge in [-0.3, -0.25) is 9.59 Å². The van der Waals surface area contributed by atoms with Gasteiger partial charge in [0.2, 0.25) is 0 Å². The predicted molar refractivity (Wildman–Crippen MR) is 118 cm³/mol. The number of carbonyl (C=O) groups excluding carboxylic acids is 2. The van der Waals surface area contributed by atoms with Crippen molar-refractivity contribution < 1.29 is 9.59 Å². The summed E-state index contributed by atoms with van der Waals surface area (Å²) < 4.78 is 1.71. The van der Waals surface area contributed by atoms with Crippen LogP contribution in [0.4, 0.5) is 5.69 Å². The zero-order valence-electron chi connectivity index (χ0n) is 14.7. The molecule has 0 radical (unpaired) electrons. The van der Waals surface area contributed by atoms with E-state index < -0.39 is 11.1 Å². The number of hydrogen-bond donors (Lipinski definition) is 0. The van der Waals surface area contributed by atoms with Crippen LogP contribution < -0.4 is 4.90 Å². The van der Waals surface area contributed by atoms with E-state index in [0.717, 1.165) is 0 Å². The number of nitrogens with zero attached hydrogens (tertiary/aromatic N) is 4. The van der Waals surface area contributed by atoms with Crippen LogP contribution in [0.25, 0.3) is 5.82 Å². The molecule has 11 heteroatoms. The normalized spacial score (nSPS) is 10.8. The number of hydrogen-bond acceptors (Lipinski definition) is 4. The summed E-state index contributed by atoms with van der Waals surface area (Å²) in [4.78, 5) is 30.9. The smallest absolute Gasteiger partial charge is 0.277 e. The van der Waals surface area contributed by atoms with Crippen molar-refractivity contribution in [2.45, 2.75) is 6.92 Å². The first-order chi connectivity index (χ1) is 13.7. The Morgan fingerprint density at radius 3 is 2.52 bits per heavy atom. The number of halogens is 5. The lowest BCUT2D eigenvalue weighted by molar-refractivity contribution is 0.0980. The van der Waals surface area contributed by atoms with Crippen molar-refractivity contribution in [1.29, 1.82) is 0 Å². The van der Waals surface area contributed by atoms with E-state index in [1.54, 1.807) is 19.1 Å². The number of pyridine rings is 1. The van der Waals surface area contributed by atoms with Crippen molar-refractivity contribution in [1.82, 2.24) is 14.8 Å². The van der Waals surface area contributed by atoms with Gasteiger partial charge in [-0.05, 0) is 58.7 Å². The molecule has 6 nitrogen and oxygen atoms in total. The van der Waals surface area contributed by atoms with Gasteiger partial charge in [-0.1, -0.05) is 34.8 Å². The van der Waals surface area contributed by atoms with Crippen LogP contribution in [-0.4, -0.2) is 32.5 Å². The molecule has 0 spiro atoms. The highest BCUT2D eigenvalue weighted by Gasteiger charge is 2.28. The fourth-order valence-corrected chi connectivity index (χ4v) is 4.05. The summed E-state index contributed by atoms with van der Waals surface area (Å²) >= 11 is 27.5. The van der Waals surface area contributed by atoms with E-state index in [9.17, 15) is 9.59 Å². The molecule has 0 fully saturated rings. The Hall–Kier alpha value is -1.64. The molecular weight excluding hydrogens is 526 g/mol. The average Bonchev–Trinajstić information content (AvgIpc) is 3.05. The van der Waals surface area contributed by atoms with Gasteiger partial charge in [-0.15, -0.1) is 0 Å². The molecule has 3 aromatic rings. The Balaban J connectivity index is 2.17. The van der Waals surface area contributed by atoms with Crippen LogP contribution in [0, 0.1) is 0 Å². The van der Waals surface area contributed by atoms with E-state index in [4.69, 9.17) is 46.4 Å². The molecule has 0 aliphatic carbocycles. The monoisotopic (exact) mass is 534 g/mol. The van der Waals surface area contributed by atoms with Gasteiger partial charge >= 0.3 is 0 Å². The Labute approximate surface area is 194 Å². The predicted octanol–water partition coefficient (Wildman–Crippen LogP) is 6.04. The Bertz CT molecular complexity index is 1120. The molecule has 150 valence electrons. The first-order valence-electron chi connectivity index (χ1n) is 8.11. The van der Waals surface area contributed by atoms with E-state index in [0.29, 0.717) is 9.63 Å². The topological polar surface area (TPSA) is 68.1 Å². The molecule has 29 heavy (non-hydrogen) atoms. The van der Waals surface area contributed by atoms with E-state index >= 15 is 0 Å². The fraction of sp³-hybridized carbons (Fsp3) is 0.111. The molecule has 0 saturated heterocycles. The van der Waals surface area contributed by atoms with E-state index in [1.807, 2.05) is 0 Å². The number of anilines is 1. The third-order valence-corrected chi connectivity index (χ3v) is 5.30. The second-order valence-electron chi connectivity index (χ2n) is 5.68. The molecular formula is C18H11BrCl4N4O2. The molecule has 2 heterocycles. The zero-order valence-corrected chi connectivity index (χ0v) is 19.3. The summed E-state index contributed by atoms with van der Waals surface area (Å²) in [7, 11) is 0. The van der Waals surface area contributed by atoms with Crippen molar-refractivity contribution in [3.8, 4) is 5.82 Å². The minimum absolute atomic E-state index is 0.0142. The Kier molecular flexibility index (Phi) is 6.86. The maximum absolute atomic E-state index is 13.4. The lowest BCUT2D eigenvalue weighted by atomic mass is 10.1. The Morgan fingerprint density at radius 1 is 1.17 bits per heavy atom. The lowest BCUT2D eigenvalue weighted by Crippen LogP contribution is -2.33. The summed E-state index contributed by atoms with van der Waals surface area (Å²) in [6, 6.07) is 7.60. The van der Waals surface area contributed by atoms with Crippen LogP contribution >= 0.6 is 62.3 Å². The minimum Gasteiger partial charge on any atom is -0.305 e. The van der Waals surface area contributed by atoms with Crippen LogP contribution in [0.1, 0.15) is 27.8 Å². The first-order valence-corrected chi connectivity index (χ1v) is 10.4. The van der Waals surface area contributed by atoms with Crippen LogP contribution in [0.5, 0.6) is 0 Å². The van der Waals surface area contributed by atoms with Gasteiger partial charge in [-0.25, -0.2) is 9.67 Å². The molecule has 0 atom stereocenters. The zero-order chi connectivity index (χ0) is 21.3. The molecule has 0 N–H and O–H groups in total. The molecule has 0 bridgehead atoms. The van der Waals surface area contributed by atoms with Gasteiger partial charge in [0.1, 0.15) is 10.3 Å². The summed E-state index contributed by atoms with van der Waals surface area (Å²) in [5.41, 5.74) is 0.318. The summed E-state index contributed by atoms with van der Waals surface area (Å²) in [6.07, 6.45) is 1.53. The summed E-state index contributed by atoms with van der Waals surface area (Å²) in [5.74, 6) is -0.217. The third kappa shape index (κ3) is 4.44. The van der Waals surface area contributed by atoms with Gasteiger partial charge < -0.3 is 4.90 Å². The maximum atomic E-state index is 13.4. The van der Waals surface area contributed by atoms with Gasteiger partial charge in [0.25, 0.3) is 11.1 Å². The molecule has 1 aromatic carbocycles. The van der Waals surface area contributed by atoms with Crippen molar-refractivity contribution in [3.63, 3.8) is 0 Å². The second kappa shape index (κ2) is 9.02. The van der Waals surface area contributed by atoms with Crippen LogP contribution in [0.3, 0.4) is 0 Å². The number of amides is 1. The number of aromatic nitrogens is 3.